The van der Waals surface area contributed by atoms with Crippen LogP contribution >= 0.6 is 0 Å². The fraction of sp³-hybridized carbons (Fsp3) is 0.300. The van der Waals surface area contributed by atoms with E-state index in [0.29, 0.717) is 5.96 Å². The van der Waals surface area contributed by atoms with E-state index in [1.165, 1.54) is 0 Å². The minimum atomic E-state index is 0.536. The van der Waals surface area contributed by atoms with E-state index in [4.69, 9.17) is 5.73 Å². The number of nitrogens with one attached hydrogen (secondary N) is 1. The highest BCUT2D eigenvalue weighted by atomic mass is 15.6. The minimum Gasteiger partial charge on any atom is -0.368 e. The Kier molecular flexibility index (Phi) is 2.65. The molecule has 0 saturated carbocycles. The molecule has 0 spiro atoms. The largest absolute Gasteiger partial charge is 0.368 e. The summed E-state index contributed by atoms with van der Waals surface area (Å²) in [5.41, 5.74) is 9.87. The normalized spacial score (nSPS) is 17.4. The van der Waals surface area contributed by atoms with Gasteiger partial charge < -0.3 is 5.73 Å². The lowest BCUT2D eigenvalue weighted by Crippen LogP contribution is -2.41. The first kappa shape index (κ1) is 9.02. The molecule has 0 bridgehead atoms. The highest BCUT2D eigenvalue weighted by Crippen LogP contribution is 2.10. The topological polar surface area (TPSA) is 53.6 Å². The van der Waals surface area contributed by atoms with E-state index in [9.17, 15) is 0 Å². The molecule has 74 valence electrons. The van der Waals surface area contributed by atoms with Gasteiger partial charge in [0.15, 0.2) is 0 Å². The van der Waals surface area contributed by atoms with Crippen LogP contribution in [0, 0.1) is 0 Å². The van der Waals surface area contributed by atoms with Gasteiger partial charge in [-0.3, -0.25) is 5.01 Å². The molecule has 0 atom stereocenters. The molecule has 0 amide bonds. The standard InChI is InChI=1S/C10H14N4/c11-10(14-8-4-7-12-14)13-9-5-2-1-3-6-9/h1-3,5-6,12H,4,7-8H2,(H2,11,13). The molecular weight excluding hydrogens is 176 g/mol. The van der Waals surface area contributed by atoms with E-state index in [1.54, 1.807) is 0 Å². The van der Waals surface area contributed by atoms with Crippen LogP contribution in [0.1, 0.15) is 6.42 Å². The van der Waals surface area contributed by atoms with E-state index < -0.39 is 0 Å². The number of hydrazine groups is 1. The Morgan fingerprint density at radius 2 is 2.14 bits per heavy atom. The predicted molar refractivity (Wildman–Crippen MR) is 57.1 cm³/mol. The van der Waals surface area contributed by atoms with Gasteiger partial charge in [0.25, 0.3) is 0 Å². The second kappa shape index (κ2) is 4.11. The number of guanidine groups is 1. The second-order valence-electron chi connectivity index (χ2n) is 3.22. The summed E-state index contributed by atoms with van der Waals surface area (Å²) in [5.74, 6) is 0.536. The Morgan fingerprint density at radius 3 is 2.79 bits per heavy atom. The van der Waals surface area contributed by atoms with Crippen LogP contribution in [0.5, 0.6) is 0 Å². The predicted octanol–water partition coefficient (Wildman–Crippen LogP) is 0.843. The quantitative estimate of drug-likeness (QED) is 0.509. The van der Waals surface area contributed by atoms with Crippen LogP contribution in [0.25, 0.3) is 0 Å². The summed E-state index contributed by atoms with van der Waals surface area (Å²) in [6.45, 7) is 1.91. The van der Waals surface area contributed by atoms with E-state index in [-0.39, 0.29) is 0 Å². The molecule has 1 aliphatic heterocycles. The SMILES string of the molecule is NC(=Nc1ccccc1)N1CCCN1. The lowest BCUT2D eigenvalue weighted by molar-refractivity contribution is 0.399. The molecule has 3 N–H and O–H groups in total. The van der Waals surface area contributed by atoms with Crippen molar-refractivity contribution in [3.05, 3.63) is 30.3 Å². The second-order valence-corrected chi connectivity index (χ2v) is 3.22. The molecular formula is C10H14N4. The third-order valence-corrected chi connectivity index (χ3v) is 2.14. The van der Waals surface area contributed by atoms with E-state index >= 15 is 0 Å². The van der Waals surface area contributed by atoms with Crippen molar-refractivity contribution in [3.8, 4) is 0 Å². The number of rotatable bonds is 1. The van der Waals surface area contributed by atoms with Crippen molar-refractivity contribution in [2.75, 3.05) is 13.1 Å². The number of aliphatic imine (C=N–C) groups is 1. The first-order valence-corrected chi connectivity index (χ1v) is 4.76. The summed E-state index contributed by atoms with van der Waals surface area (Å²) in [6.07, 6.45) is 1.12. The lowest BCUT2D eigenvalue weighted by atomic mass is 10.3. The zero-order valence-corrected chi connectivity index (χ0v) is 7.98. The van der Waals surface area contributed by atoms with E-state index in [1.807, 2.05) is 35.3 Å². The third kappa shape index (κ3) is 2.03. The Morgan fingerprint density at radius 1 is 1.36 bits per heavy atom. The highest BCUT2D eigenvalue weighted by Gasteiger charge is 2.12. The van der Waals surface area contributed by atoms with Crippen LogP contribution in [0.15, 0.2) is 35.3 Å². The zero-order valence-electron chi connectivity index (χ0n) is 7.98. The lowest BCUT2D eigenvalue weighted by Gasteiger charge is -2.15. The molecule has 1 aromatic carbocycles. The first-order valence-electron chi connectivity index (χ1n) is 4.76. The van der Waals surface area contributed by atoms with Crippen molar-refractivity contribution in [2.45, 2.75) is 6.42 Å². The molecule has 4 heteroatoms. The highest BCUT2D eigenvalue weighted by molar-refractivity contribution is 5.80. The van der Waals surface area contributed by atoms with Gasteiger partial charge in [0.1, 0.15) is 0 Å². The van der Waals surface area contributed by atoms with E-state index in [2.05, 4.69) is 10.4 Å². The van der Waals surface area contributed by atoms with Crippen LogP contribution < -0.4 is 11.2 Å². The maximum Gasteiger partial charge on any atom is 0.211 e. The molecule has 0 aromatic heterocycles. The van der Waals surface area contributed by atoms with Crippen molar-refractivity contribution in [1.82, 2.24) is 10.4 Å². The molecule has 1 fully saturated rings. The van der Waals surface area contributed by atoms with Gasteiger partial charge in [0, 0.05) is 13.1 Å². The summed E-state index contributed by atoms with van der Waals surface area (Å²) in [7, 11) is 0. The fourth-order valence-electron chi connectivity index (χ4n) is 1.42. The maximum atomic E-state index is 5.82. The van der Waals surface area contributed by atoms with Crippen LogP contribution in [-0.2, 0) is 0 Å². The third-order valence-electron chi connectivity index (χ3n) is 2.14. The molecule has 1 aliphatic rings. The molecule has 2 rings (SSSR count). The van der Waals surface area contributed by atoms with Crippen molar-refractivity contribution in [2.24, 2.45) is 10.7 Å². The molecule has 4 nitrogen and oxygen atoms in total. The molecule has 1 aromatic rings. The molecule has 1 saturated heterocycles. The summed E-state index contributed by atoms with van der Waals surface area (Å²) < 4.78 is 0. The number of hydrogen-bond acceptors (Lipinski definition) is 2. The first-order chi connectivity index (χ1) is 6.86. The fourth-order valence-corrected chi connectivity index (χ4v) is 1.42. The summed E-state index contributed by atoms with van der Waals surface area (Å²) >= 11 is 0. The van der Waals surface area contributed by atoms with Gasteiger partial charge in [-0.1, -0.05) is 18.2 Å². The molecule has 1 heterocycles. The Bertz CT molecular complexity index is 314. The monoisotopic (exact) mass is 190 g/mol. The molecule has 14 heavy (non-hydrogen) atoms. The summed E-state index contributed by atoms with van der Waals surface area (Å²) in [4.78, 5) is 4.30. The average molecular weight is 190 g/mol. The van der Waals surface area contributed by atoms with Crippen LogP contribution in [-0.4, -0.2) is 24.1 Å². The van der Waals surface area contributed by atoms with Gasteiger partial charge in [-0.25, -0.2) is 10.4 Å². The van der Waals surface area contributed by atoms with Crippen molar-refractivity contribution < 1.29 is 0 Å². The molecule has 0 radical (unpaired) electrons. The van der Waals surface area contributed by atoms with E-state index in [0.717, 1.165) is 25.2 Å². The molecule has 0 aliphatic carbocycles. The zero-order chi connectivity index (χ0) is 9.80. The van der Waals surface area contributed by atoms with Crippen molar-refractivity contribution in [3.63, 3.8) is 0 Å². The summed E-state index contributed by atoms with van der Waals surface area (Å²) in [5, 5.41) is 1.88. The number of nitrogens with two attached hydrogens (primary N) is 1. The number of hydrogen-bond donors (Lipinski definition) is 2. The van der Waals surface area contributed by atoms with Gasteiger partial charge in [-0.05, 0) is 18.6 Å². The van der Waals surface area contributed by atoms with Crippen molar-refractivity contribution in [1.29, 1.82) is 0 Å². The Hall–Kier alpha value is -1.55. The van der Waals surface area contributed by atoms with Gasteiger partial charge in [-0.2, -0.15) is 0 Å². The molecule has 0 unspecified atom stereocenters. The number of para-hydroxylation sites is 1. The van der Waals surface area contributed by atoms with Crippen LogP contribution in [0.4, 0.5) is 5.69 Å². The minimum absolute atomic E-state index is 0.536. The van der Waals surface area contributed by atoms with Crippen molar-refractivity contribution >= 4 is 11.6 Å². The van der Waals surface area contributed by atoms with Gasteiger partial charge in [0.2, 0.25) is 5.96 Å². The Balaban J connectivity index is 2.10. The maximum absolute atomic E-state index is 5.82. The van der Waals surface area contributed by atoms with Crippen LogP contribution in [0.2, 0.25) is 0 Å². The Labute approximate surface area is 83.4 Å². The van der Waals surface area contributed by atoms with Crippen LogP contribution in [0.3, 0.4) is 0 Å². The smallest absolute Gasteiger partial charge is 0.211 e. The number of benzene rings is 1. The summed E-state index contributed by atoms with van der Waals surface area (Å²) in [6, 6.07) is 9.72. The van der Waals surface area contributed by atoms with Gasteiger partial charge in [0.05, 0.1) is 5.69 Å². The van der Waals surface area contributed by atoms with Gasteiger partial charge >= 0.3 is 0 Å². The number of nitrogens with zero attached hydrogens (tertiary/aromatic N) is 2. The van der Waals surface area contributed by atoms with Gasteiger partial charge in [-0.15, -0.1) is 0 Å². The average Bonchev–Trinajstić information content (AvgIpc) is 2.72.